The number of hydrogen-bond acceptors (Lipinski definition) is 2. The van der Waals surface area contributed by atoms with Gasteiger partial charge in [-0.1, -0.05) is 19.3 Å². The fraction of sp³-hybridized carbons (Fsp3) is 0.867. The average molecular weight is 266 g/mol. The van der Waals surface area contributed by atoms with Crippen molar-refractivity contribution in [3.63, 3.8) is 0 Å². The summed E-state index contributed by atoms with van der Waals surface area (Å²) in [7, 11) is 0. The van der Waals surface area contributed by atoms with Gasteiger partial charge in [0, 0.05) is 24.5 Å². The molecule has 2 fully saturated rings. The van der Waals surface area contributed by atoms with Gasteiger partial charge in [-0.2, -0.15) is 0 Å². The fourth-order valence-corrected chi connectivity index (χ4v) is 3.12. The molecule has 1 aliphatic carbocycles. The van der Waals surface area contributed by atoms with Gasteiger partial charge in [0.15, 0.2) is 0 Å². The molecule has 2 aliphatic rings. The first-order chi connectivity index (χ1) is 8.87. The van der Waals surface area contributed by atoms with E-state index in [2.05, 4.69) is 5.32 Å². The molecule has 1 unspecified atom stereocenters. The zero-order chi connectivity index (χ0) is 14.0. The molecule has 1 N–H and O–H groups in total. The van der Waals surface area contributed by atoms with Crippen LogP contribution in [0.25, 0.3) is 0 Å². The van der Waals surface area contributed by atoms with Crippen LogP contribution in [0.15, 0.2) is 0 Å². The highest BCUT2D eigenvalue weighted by molar-refractivity contribution is 5.89. The van der Waals surface area contributed by atoms with Crippen LogP contribution in [0.5, 0.6) is 0 Å². The molecule has 1 saturated heterocycles. The number of nitrogens with one attached hydrogen (secondary N) is 1. The summed E-state index contributed by atoms with van der Waals surface area (Å²) in [6.45, 7) is 6.53. The number of rotatable bonds is 2. The fourth-order valence-electron chi connectivity index (χ4n) is 3.12. The second-order valence-corrected chi connectivity index (χ2v) is 6.98. The zero-order valence-corrected chi connectivity index (χ0v) is 12.4. The van der Waals surface area contributed by atoms with Crippen LogP contribution in [0.4, 0.5) is 0 Å². The van der Waals surface area contributed by atoms with Crippen molar-refractivity contribution in [1.29, 1.82) is 0 Å². The third-order valence-corrected chi connectivity index (χ3v) is 4.04. The summed E-state index contributed by atoms with van der Waals surface area (Å²) in [5.41, 5.74) is -0.224. The van der Waals surface area contributed by atoms with Gasteiger partial charge in [-0.25, -0.2) is 0 Å². The lowest BCUT2D eigenvalue weighted by Crippen LogP contribution is -2.45. The number of likely N-dealkylation sites (tertiary alicyclic amines) is 1. The normalized spacial score (nSPS) is 25.7. The Morgan fingerprint density at radius 2 is 1.84 bits per heavy atom. The molecule has 2 rings (SSSR count). The van der Waals surface area contributed by atoms with Crippen molar-refractivity contribution in [1.82, 2.24) is 10.2 Å². The van der Waals surface area contributed by atoms with Gasteiger partial charge in [0.05, 0.1) is 5.92 Å². The summed E-state index contributed by atoms with van der Waals surface area (Å²) >= 11 is 0. The first-order valence-electron chi connectivity index (χ1n) is 7.48. The molecule has 4 heteroatoms. The van der Waals surface area contributed by atoms with Crippen molar-refractivity contribution in [2.45, 2.75) is 70.9 Å². The Labute approximate surface area is 115 Å². The summed E-state index contributed by atoms with van der Waals surface area (Å²) in [4.78, 5) is 26.2. The van der Waals surface area contributed by atoms with Gasteiger partial charge < -0.3 is 10.2 Å². The van der Waals surface area contributed by atoms with Gasteiger partial charge in [0.25, 0.3) is 0 Å². The third kappa shape index (κ3) is 3.71. The molecule has 1 heterocycles. The largest absolute Gasteiger partial charge is 0.351 e. The SMILES string of the molecule is CC(C)(C)NC(=O)C1CC(=O)N(C2CCCCC2)C1. The molecule has 0 aromatic carbocycles. The second kappa shape index (κ2) is 5.51. The minimum Gasteiger partial charge on any atom is -0.351 e. The van der Waals surface area contributed by atoms with Crippen molar-refractivity contribution in [2.24, 2.45) is 5.92 Å². The molecule has 0 aromatic rings. The maximum atomic E-state index is 12.1. The predicted octanol–water partition coefficient (Wildman–Crippen LogP) is 2.08. The highest BCUT2D eigenvalue weighted by Gasteiger charge is 2.38. The lowest BCUT2D eigenvalue weighted by molar-refractivity contribution is -0.131. The monoisotopic (exact) mass is 266 g/mol. The number of amides is 2. The Bertz CT molecular complexity index is 354. The molecule has 2 amide bonds. The zero-order valence-electron chi connectivity index (χ0n) is 12.4. The van der Waals surface area contributed by atoms with Gasteiger partial charge in [-0.05, 0) is 33.6 Å². The van der Waals surface area contributed by atoms with E-state index in [1.165, 1.54) is 19.3 Å². The molecule has 0 bridgehead atoms. The Balaban J connectivity index is 1.93. The summed E-state index contributed by atoms with van der Waals surface area (Å²) in [6.07, 6.45) is 6.32. The first-order valence-corrected chi connectivity index (χ1v) is 7.48. The van der Waals surface area contributed by atoms with Crippen molar-refractivity contribution in [2.75, 3.05) is 6.54 Å². The molecule has 0 radical (unpaired) electrons. The van der Waals surface area contributed by atoms with Crippen LogP contribution in [0, 0.1) is 5.92 Å². The minimum atomic E-state index is -0.224. The summed E-state index contributed by atoms with van der Waals surface area (Å²) in [5.74, 6) is 0.0359. The first kappa shape index (κ1) is 14.4. The van der Waals surface area contributed by atoms with E-state index in [9.17, 15) is 9.59 Å². The van der Waals surface area contributed by atoms with Gasteiger partial charge in [-0.3, -0.25) is 9.59 Å². The van der Waals surface area contributed by atoms with Crippen LogP contribution in [-0.4, -0.2) is 34.8 Å². The van der Waals surface area contributed by atoms with Crippen molar-refractivity contribution in [3.05, 3.63) is 0 Å². The van der Waals surface area contributed by atoms with E-state index >= 15 is 0 Å². The van der Waals surface area contributed by atoms with Crippen LogP contribution >= 0.6 is 0 Å². The van der Waals surface area contributed by atoms with Crippen molar-refractivity contribution < 1.29 is 9.59 Å². The molecule has 1 atom stereocenters. The van der Waals surface area contributed by atoms with E-state index in [4.69, 9.17) is 0 Å². The smallest absolute Gasteiger partial charge is 0.225 e. The van der Waals surface area contributed by atoms with E-state index in [1.807, 2.05) is 25.7 Å². The van der Waals surface area contributed by atoms with Crippen LogP contribution in [-0.2, 0) is 9.59 Å². The van der Waals surface area contributed by atoms with Crippen LogP contribution in [0.2, 0.25) is 0 Å². The molecular weight excluding hydrogens is 240 g/mol. The molecule has 1 aliphatic heterocycles. The molecule has 108 valence electrons. The second-order valence-electron chi connectivity index (χ2n) is 6.98. The quantitative estimate of drug-likeness (QED) is 0.832. The van der Waals surface area contributed by atoms with E-state index in [1.54, 1.807) is 0 Å². The average Bonchev–Trinajstić information content (AvgIpc) is 2.70. The topological polar surface area (TPSA) is 49.4 Å². The molecule has 4 nitrogen and oxygen atoms in total. The maximum absolute atomic E-state index is 12.1. The van der Waals surface area contributed by atoms with Crippen LogP contribution in [0.3, 0.4) is 0 Å². The Morgan fingerprint density at radius 1 is 1.21 bits per heavy atom. The van der Waals surface area contributed by atoms with E-state index in [-0.39, 0.29) is 23.3 Å². The highest BCUT2D eigenvalue weighted by atomic mass is 16.2. The maximum Gasteiger partial charge on any atom is 0.225 e. The lowest BCUT2D eigenvalue weighted by Gasteiger charge is -2.31. The Morgan fingerprint density at radius 3 is 2.42 bits per heavy atom. The van der Waals surface area contributed by atoms with Gasteiger partial charge in [0.1, 0.15) is 0 Å². The number of carbonyl (C=O) groups is 2. The standard InChI is InChI=1S/C15H26N2O2/c1-15(2,3)16-14(19)11-9-13(18)17(10-11)12-7-5-4-6-8-12/h11-12H,4-10H2,1-3H3,(H,16,19). The number of carbonyl (C=O) groups excluding carboxylic acids is 2. The van der Waals surface area contributed by atoms with E-state index in [0.717, 1.165) is 12.8 Å². The molecular formula is C15H26N2O2. The predicted molar refractivity (Wildman–Crippen MR) is 74.6 cm³/mol. The third-order valence-electron chi connectivity index (χ3n) is 4.04. The molecule has 1 saturated carbocycles. The lowest BCUT2D eigenvalue weighted by atomic mass is 9.94. The van der Waals surface area contributed by atoms with Crippen molar-refractivity contribution >= 4 is 11.8 Å². The number of hydrogen-bond donors (Lipinski definition) is 1. The van der Waals surface area contributed by atoms with E-state index < -0.39 is 0 Å². The van der Waals surface area contributed by atoms with E-state index in [0.29, 0.717) is 19.0 Å². The van der Waals surface area contributed by atoms with Gasteiger partial charge >= 0.3 is 0 Å². The van der Waals surface area contributed by atoms with Gasteiger partial charge in [0.2, 0.25) is 11.8 Å². The summed E-state index contributed by atoms with van der Waals surface area (Å²) < 4.78 is 0. The number of nitrogens with zero attached hydrogens (tertiary/aromatic N) is 1. The molecule has 0 aromatic heterocycles. The summed E-state index contributed by atoms with van der Waals surface area (Å²) in [6, 6.07) is 0.383. The highest BCUT2D eigenvalue weighted by Crippen LogP contribution is 2.28. The molecule has 0 spiro atoms. The Hall–Kier alpha value is -1.06. The van der Waals surface area contributed by atoms with Crippen LogP contribution in [0.1, 0.15) is 59.3 Å². The Kier molecular flexibility index (Phi) is 4.16. The van der Waals surface area contributed by atoms with Crippen molar-refractivity contribution in [3.8, 4) is 0 Å². The summed E-state index contributed by atoms with van der Waals surface area (Å²) in [5, 5.41) is 2.99. The minimum absolute atomic E-state index is 0.0270. The van der Waals surface area contributed by atoms with Gasteiger partial charge in [-0.15, -0.1) is 0 Å². The van der Waals surface area contributed by atoms with Crippen LogP contribution < -0.4 is 5.32 Å². The molecule has 19 heavy (non-hydrogen) atoms.